The Morgan fingerprint density at radius 1 is 1.28 bits per heavy atom. The number of nitrogens with zero attached hydrogens (tertiary/aromatic N) is 4. The fraction of sp³-hybridized carbons (Fsp3) is 0.478. The van der Waals surface area contributed by atoms with Gasteiger partial charge in [-0.15, -0.1) is 0 Å². The van der Waals surface area contributed by atoms with E-state index < -0.39 is 5.91 Å². The third-order valence-corrected chi connectivity index (χ3v) is 5.74. The van der Waals surface area contributed by atoms with Gasteiger partial charge in [-0.3, -0.25) is 14.0 Å². The number of amides is 1. The Balaban J connectivity index is 1.46. The molecule has 0 aromatic carbocycles. The molecule has 1 unspecified atom stereocenters. The van der Waals surface area contributed by atoms with Gasteiger partial charge in [-0.05, 0) is 57.6 Å². The van der Waals surface area contributed by atoms with Gasteiger partial charge in [0.1, 0.15) is 11.3 Å². The number of imidazole rings is 1. The molecule has 1 amide bonds. The molecule has 1 saturated heterocycles. The molecule has 9 heteroatoms. The summed E-state index contributed by atoms with van der Waals surface area (Å²) in [5.41, 5.74) is 1.19. The minimum atomic E-state index is -0.444. The average molecular weight is 438 g/mol. The minimum absolute atomic E-state index is 0.176. The van der Waals surface area contributed by atoms with Crippen LogP contribution in [-0.4, -0.2) is 44.2 Å². The van der Waals surface area contributed by atoms with Gasteiger partial charge in [0, 0.05) is 37.8 Å². The second-order valence-corrected chi connectivity index (χ2v) is 8.82. The van der Waals surface area contributed by atoms with Gasteiger partial charge in [-0.25, -0.2) is 4.98 Å². The highest BCUT2D eigenvalue weighted by Gasteiger charge is 2.26. The molecule has 168 valence electrons. The van der Waals surface area contributed by atoms with Gasteiger partial charge in [0.05, 0.1) is 11.8 Å². The number of anilines is 1. The summed E-state index contributed by atoms with van der Waals surface area (Å²) in [5, 5.41) is 2.75. The van der Waals surface area contributed by atoms with Gasteiger partial charge in [0.15, 0.2) is 0 Å². The first kappa shape index (κ1) is 20.7. The number of aromatic nitrogens is 4. The van der Waals surface area contributed by atoms with Crippen LogP contribution >= 0.6 is 0 Å². The molecule has 1 atom stereocenters. The Bertz CT molecular complexity index is 1200. The second-order valence-electron chi connectivity index (χ2n) is 8.82. The van der Waals surface area contributed by atoms with Crippen molar-refractivity contribution in [3.05, 3.63) is 52.3 Å². The molecule has 32 heavy (non-hydrogen) atoms. The van der Waals surface area contributed by atoms with Crippen LogP contribution in [0.3, 0.4) is 0 Å². The van der Waals surface area contributed by atoms with E-state index in [1.807, 2.05) is 20.0 Å². The lowest BCUT2D eigenvalue weighted by Crippen LogP contribution is -2.25. The van der Waals surface area contributed by atoms with Crippen molar-refractivity contribution in [3.63, 3.8) is 0 Å². The highest BCUT2D eigenvalue weighted by molar-refractivity contribution is 6.05. The summed E-state index contributed by atoms with van der Waals surface area (Å²) in [6.07, 6.45) is 8.94. The fourth-order valence-electron chi connectivity index (χ4n) is 4.00. The molecule has 5 rings (SSSR count). The lowest BCUT2D eigenvalue weighted by atomic mass is 10.0. The zero-order chi connectivity index (χ0) is 22.2. The first-order chi connectivity index (χ1) is 15.5. The van der Waals surface area contributed by atoms with Crippen molar-refractivity contribution < 1.29 is 14.3 Å². The van der Waals surface area contributed by atoms with Gasteiger partial charge >= 0.3 is 0 Å². The van der Waals surface area contributed by atoms with E-state index in [-0.39, 0.29) is 34.8 Å². The van der Waals surface area contributed by atoms with Crippen molar-refractivity contribution in [2.45, 2.75) is 51.7 Å². The van der Waals surface area contributed by atoms with Gasteiger partial charge in [-0.2, -0.15) is 4.98 Å². The van der Waals surface area contributed by atoms with Crippen LogP contribution < -0.4 is 15.6 Å². The van der Waals surface area contributed by atoms with Gasteiger partial charge in [-0.1, -0.05) is 0 Å². The van der Waals surface area contributed by atoms with Gasteiger partial charge < -0.3 is 19.4 Å². The van der Waals surface area contributed by atoms with Crippen LogP contribution in [0.1, 0.15) is 55.2 Å². The van der Waals surface area contributed by atoms with Crippen LogP contribution in [0.25, 0.3) is 5.78 Å². The number of fused-ring (bicyclic) bond motifs is 1. The van der Waals surface area contributed by atoms with Gasteiger partial charge in [0.25, 0.3) is 11.5 Å². The van der Waals surface area contributed by atoms with Crippen LogP contribution in [0.4, 0.5) is 5.69 Å². The summed E-state index contributed by atoms with van der Waals surface area (Å²) >= 11 is 0. The maximum absolute atomic E-state index is 13.2. The number of hydrogen-bond donors (Lipinski definition) is 1. The van der Waals surface area contributed by atoms with Crippen molar-refractivity contribution in [3.8, 4) is 5.88 Å². The largest absolute Gasteiger partial charge is 0.474 e. The highest BCUT2D eigenvalue weighted by atomic mass is 16.5. The summed E-state index contributed by atoms with van der Waals surface area (Å²) in [7, 11) is 0. The Hall–Kier alpha value is -3.20. The number of nitrogens with one attached hydrogen (secondary N) is 1. The molecule has 2 fully saturated rings. The predicted molar refractivity (Wildman–Crippen MR) is 118 cm³/mol. The topological polar surface area (TPSA) is 99.8 Å². The Morgan fingerprint density at radius 3 is 2.84 bits per heavy atom. The number of carbonyl (C=O) groups excluding carboxylic acids is 1. The third kappa shape index (κ3) is 4.25. The molecule has 1 N–H and O–H groups in total. The maximum atomic E-state index is 13.2. The molecule has 1 aliphatic heterocycles. The van der Waals surface area contributed by atoms with Crippen molar-refractivity contribution in [1.82, 2.24) is 18.9 Å². The van der Waals surface area contributed by atoms with E-state index in [0.717, 1.165) is 44.6 Å². The van der Waals surface area contributed by atoms with Crippen molar-refractivity contribution in [1.29, 1.82) is 0 Å². The highest BCUT2D eigenvalue weighted by Crippen LogP contribution is 2.33. The van der Waals surface area contributed by atoms with Gasteiger partial charge in [0.2, 0.25) is 11.7 Å². The molecule has 3 aromatic rings. The maximum Gasteiger partial charge on any atom is 0.274 e. The zero-order valence-electron chi connectivity index (χ0n) is 18.3. The number of ether oxygens (including phenoxy) is 2. The molecule has 0 bridgehead atoms. The Kier molecular flexibility index (Phi) is 5.42. The second kappa shape index (κ2) is 8.38. The normalized spacial score (nSPS) is 18.4. The third-order valence-electron chi connectivity index (χ3n) is 5.74. The molecule has 4 heterocycles. The molecular formula is C23H27N5O4. The van der Waals surface area contributed by atoms with Crippen LogP contribution in [-0.2, 0) is 11.2 Å². The average Bonchev–Trinajstić information content (AvgIpc) is 3.32. The molecule has 0 radical (unpaired) electrons. The summed E-state index contributed by atoms with van der Waals surface area (Å²) in [5.74, 6) is 0.674. The van der Waals surface area contributed by atoms with Crippen LogP contribution in [0.2, 0.25) is 0 Å². The van der Waals surface area contributed by atoms with E-state index in [4.69, 9.17) is 9.47 Å². The molecule has 0 spiro atoms. The van der Waals surface area contributed by atoms with E-state index >= 15 is 0 Å². The molecule has 3 aromatic heterocycles. The lowest BCUT2D eigenvalue weighted by Gasteiger charge is -2.14. The van der Waals surface area contributed by atoms with Crippen molar-refractivity contribution in [2.75, 3.05) is 18.5 Å². The molecule has 1 saturated carbocycles. The molecular weight excluding hydrogens is 410 g/mol. The summed E-state index contributed by atoms with van der Waals surface area (Å²) in [6, 6.07) is 3.62. The van der Waals surface area contributed by atoms with Crippen molar-refractivity contribution in [2.24, 2.45) is 5.92 Å². The zero-order valence-corrected chi connectivity index (χ0v) is 18.3. The van der Waals surface area contributed by atoms with Crippen LogP contribution in [0.15, 0.2) is 35.5 Å². The first-order valence-electron chi connectivity index (χ1n) is 11.1. The van der Waals surface area contributed by atoms with Crippen LogP contribution in [0, 0.1) is 5.92 Å². The van der Waals surface area contributed by atoms with Crippen LogP contribution in [0.5, 0.6) is 5.88 Å². The van der Waals surface area contributed by atoms with Crippen molar-refractivity contribution >= 4 is 17.4 Å². The summed E-state index contributed by atoms with van der Waals surface area (Å²) in [6.45, 7) is 5.27. The molecule has 1 aliphatic carbocycles. The quantitative estimate of drug-likeness (QED) is 0.610. The van der Waals surface area contributed by atoms with E-state index in [2.05, 4.69) is 15.3 Å². The molecule has 2 aliphatic rings. The van der Waals surface area contributed by atoms with E-state index in [0.29, 0.717) is 11.7 Å². The number of carbonyl (C=O) groups is 1. The fourth-order valence-corrected chi connectivity index (χ4v) is 4.00. The number of pyridine rings is 1. The lowest BCUT2D eigenvalue weighted by molar-refractivity contribution is 0.101. The number of rotatable bonds is 7. The standard InChI is InChI=1S/C23H27N5O4/c1-14(2)32-21-18(20(29)25-19-4-3-8-28(22(19)30)17-5-6-17)12-27-11-16(24-23(27)26-21)10-15-7-9-31-13-15/h3-4,8,11-12,14-15,17H,5-7,9-10,13H2,1-2H3,(H,25,29). The SMILES string of the molecule is CC(C)Oc1nc2nc(CC3CCOC3)cn2cc1C(=O)Nc1cccn(C2CC2)c1=O. The summed E-state index contributed by atoms with van der Waals surface area (Å²) < 4.78 is 14.7. The number of hydrogen-bond acceptors (Lipinski definition) is 6. The van der Waals surface area contributed by atoms with E-state index in [9.17, 15) is 9.59 Å². The first-order valence-corrected chi connectivity index (χ1v) is 11.1. The summed E-state index contributed by atoms with van der Waals surface area (Å²) in [4.78, 5) is 35.0. The van der Waals surface area contributed by atoms with E-state index in [1.165, 1.54) is 0 Å². The minimum Gasteiger partial charge on any atom is -0.474 e. The monoisotopic (exact) mass is 437 g/mol. The van der Waals surface area contributed by atoms with E-state index in [1.54, 1.807) is 33.5 Å². The smallest absolute Gasteiger partial charge is 0.274 e. The predicted octanol–water partition coefficient (Wildman–Crippen LogP) is 2.84. The Morgan fingerprint density at radius 2 is 2.12 bits per heavy atom. The Labute approximate surface area is 185 Å². The molecule has 9 nitrogen and oxygen atoms in total.